The molecule has 3 rings (SSSR count). The average molecular weight is 474 g/mol. The maximum atomic E-state index is 12.6. The Bertz CT molecular complexity index is 925. The van der Waals surface area contributed by atoms with Crippen LogP contribution in [0.2, 0.25) is 5.02 Å². The first-order valence-corrected chi connectivity index (χ1v) is 12.1. The number of nitrogen functional groups attached to an aromatic ring is 1. The van der Waals surface area contributed by atoms with Gasteiger partial charge < -0.3 is 25.8 Å². The number of hydrogen-bond donors (Lipinski definition) is 3. The molecule has 6 nitrogen and oxygen atoms in total. The highest BCUT2D eigenvalue weighted by Gasteiger charge is 2.22. The van der Waals surface area contributed by atoms with Crippen molar-refractivity contribution in [3.8, 4) is 5.75 Å². The van der Waals surface area contributed by atoms with Gasteiger partial charge in [-0.1, -0.05) is 49.7 Å². The number of methoxy groups -OCH3 is 1. The topological polar surface area (TPSA) is 87.8 Å². The van der Waals surface area contributed by atoms with Crippen LogP contribution in [0.5, 0.6) is 5.75 Å². The fraction of sp³-hybridized carbons (Fsp3) is 0.500. The van der Waals surface area contributed by atoms with Crippen molar-refractivity contribution >= 4 is 23.2 Å². The van der Waals surface area contributed by atoms with E-state index in [4.69, 9.17) is 22.1 Å². The molecule has 0 aliphatic carbocycles. The number of halogens is 1. The van der Waals surface area contributed by atoms with Crippen LogP contribution < -0.4 is 15.8 Å². The molecule has 180 valence electrons. The number of rotatable bonds is 9. The van der Waals surface area contributed by atoms with Crippen molar-refractivity contribution in [3.63, 3.8) is 0 Å². The molecule has 1 saturated heterocycles. The highest BCUT2D eigenvalue weighted by atomic mass is 35.5. The third kappa shape index (κ3) is 6.85. The molecule has 0 spiro atoms. The van der Waals surface area contributed by atoms with E-state index in [9.17, 15) is 9.90 Å². The van der Waals surface area contributed by atoms with Crippen LogP contribution in [-0.4, -0.2) is 49.2 Å². The molecule has 7 heteroatoms. The quantitative estimate of drug-likeness (QED) is 0.462. The largest absolute Gasteiger partial charge is 0.496 e. The van der Waals surface area contributed by atoms with Gasteiger partial charge in [0.15, 0.2) is 0 Å². The number of piperidine rings is 1. The lowest BCUT2D eigenvalue weighted by molar-refractivity contribution is 0.0925. The number of ether oxygens (including phenoxy) is 1. The van der Waals surface area contributed by atoms with Crippen molar-refractivity contribution in [2.45, 2.75) is 45.1 Å². The standard InChI is InChI=1S/C26H36ClN3O3/c1-17(2)19-4-6-20(7-5-19)24(31)10-13-30-11-8-18(9-12-30)16-29-26(32)21-14-22(27)23(28)15-25(21)33-3/h4-7,14-15,17-18,24,31H,8-13,16,28H2,1-3H3,(H,29,32). The maximum absolute atomic E-state index is 12.6. The Morgan fingerprint density at radius 1 is 1.21 bits per heavy atom. The second-order valence-electron chi connectivity index (χ2n) is 9.19. The van der Waals surface area contributed by atoms with Crippen LogP contribution in [0.25, 0.3) is 0 Å². The molecule has 0 radical (unpaired) electrons. The minimum absolute atomic E-state index is 0.206. The first-order valence-electron chi connectivity index (χ1n) is 11.7. The van der Waals surface area contributed by atoms with Crippen molar-refractivity contribution in [2.24, 2.45) is 5.92 Å². The molecule has 2 aromatic rings. The lowest BCUT2D eigenvalue weighted by Crippen LogP contribution is -2.39. The van der Waals surface area contributed by atoms with Gasteiger partial charge in [-0.15, -0.1) is 0 Å². The zero-order valence-corrected chi connectivity index (χ0v) is 20.6. The Labute approximate surface area is 202 Å². The average Bonchev–Trinajstić information content (AvgIpc) is 2.83. The minimum atomic E-state index is -0.440. The van der Waals surface area contributed by atoms with Gasteiger partial charge in [0.2, 0.25) is 0 Å². The van der Waals surface area contributed by atoms with Gasteiger partial charge in [0.1, 0.15) is 5.75 Å². The summed E-state index contributed by atoms with van der Waals surface area (Å²) in [7, 11) is 1.51. The number of aliphatic hydroxyl groups excluding tert-OH is 1. The van der Waals surface area contributed by atoms with Crippen molar-refractivity contribution in [2.75, 3.05) is 39.0 Å². The Kier molecular flexibility index (Phi) is 9.01. The third-order valence-electron chi connectivity index (χ3n) is 6.53. The number of carbonyl (C=O) groups is 1. The highest BCUT2D eigenvalue weighted by Crippen LogP contribution is 2.29. The number of carbonyl (C=O) groups excluding carboxylic acids is 1. The summed E-state index contributed by atoms with van der Waals surface area (Å²) in [6, 6.07) is 11.4. The molecule has 1 atom stereocenters. The smallest absolute Gasteiger partial charge is 0.255 e. The summed E-state index contributed by atoms with van der Waals surface area (Å²) in [5, 5.41) is 13.9. The van der Waals surface area contributed by atoms with Gasteiger partial charge in [-0.3, -0.25) is 4.79 Å². The van der Waals surface area contributed by atoms with Crippen LogP contribution in [0.1, 0.15) is 66.6 Å². The van der Waals surface area contributed by atoms with E-state index in [1.54, 1.807) is 12.1 Å². The van der Waals surface area contributed by atoms with Crippen LogP contribution >= 0.6 is 11.6 Å². The number of amides is 1. The van der Waals surface area contributed by atoms with Gasteiger partial charge in [-0.05, 0) is 61.4 Å². The zero-order valence-electron chi connectivity index (χ0n) is 19.8. The van der Waals surface area contributed by atoms with Gasteiger partial charge in [0.05, 0.1) is 29.5 Å². The number of nitrogens with zero attached hydrogens (tertiary/aromatic N) is 1. The molecule has 1 heterocycles. The molecule has 1 amide bonds. The molecule has 1 unspecified atom stereocenters. The van der Waals surface area contributed by atoms with E-state index >= 15 is 0 Å². The fourth-order valence-electron chi connectivity index (χ4n) is 4.24. The number of aliphatic hydroxyl groups is 1. The summed E-state index contributed by atoms with van der Waals surface area (Å²) >= 11 is 6.08. The van der Waals surface area contributed by atoms with Gasteiger partial charge in [0.25, 0.3) is 5.91 Å². The van der Waals surface area contributed by atoms with Crippen molar-refractivity contribution in [1.29, 1.82) is 0 Å². The van der Waals surface area contributed by atoms with E-state index in [1.165, 1.54) is 12.7 Å². The van der Waals surface area contributed by atoms with Crippen molar-refractivity contribution in [1.82, 2.24) is 10.2 Å². The summed E-state index contributed by atoms with van der Waals surface area (Å²) in [6.07, 6.45) is 2.31. The van der Waals surface area contributed by atoms with Crippen molar-refractivity contribution < 1.29 is 14.6 Å². The lowest BCUT2D eigenvalue weighted by Gasteiger charge is -2.32. The predicted molar refractivity (Wildman–Crippen MR) is 134 cm³/mol. The second-order valence-corrected chi connectivity index (χ2v) is 9.60. The first-order chi connectivity index (χ1) is 15.8. The SMILES string of the molecule is COc1cc(N)c(Cl)cc1C(=O)NCC1CCN(CCC(O)c2ccc(C(C)C)cc2)CC1. The minimum Gasteiger partial charge on any atom is -0.496 e. The molecule has 0 aromatic heterocycles. The summed E-state index contributed by atoms with van der Waals surface area (Å²) in [5.74, 6) is 1.13. The summed E-state index contributed by atoms with van der Waals surface area (Å²) < 4.78 is 5.28. The lowest BCUT2D eigenvalue weighted by atomic mass is 9.95. The molecule has 33 heavy (non-hydrogen) atoms. The van der Waals surface area contributed by atoms with E-state index in [0.29, 0.717) is 40.4 Å². The number of nitrogens with two attached hydrogens (primary N) is 1. The van der Waals surface area contributed by atoms with Gasteiger partial charge in [-0.25, -0.2) is 0 Å². The molecule has 1 fully saturated rings. The van der Waals surface area contributed by atoms with Gasteiger partial charge in [0, 0.05) is 19.2 Å². The van der Waals surface area contributed by atoms with E-state index < -0.39 is 6.10 Å². The molecular formula is C26H36ClN3O3. The number of likely N-dealkylation sites (tertiary alicyclic amines) is 1. The Hall–Kier alpha value is -2.28. The first kappa shape index (κ1) is 25.3. The summed E-state index contributed by atoms with van der Waals surface area (Å²) in [4.78, 5) is 15.0. The molecule has 1 aliphatic heterocycles. The molecule has 4 N–H and O–H groups in total. The highest BCUT2D eigenvalue weighted by molar-refractivity contribution is 6.33. The second kappa shape index (κ2) is 11.7. The Morgan fingerprint density at radius 3 is 2.45 bits per heavy atom. The van der Waals surface area contributed by atoms with Gasteiger partial charge in [-0.2, -0.15) is 0 Å². The van der Waals surface area contributed by atoms with Crippen LogP contribution in [0.3, 0.4) is 0 Å². The Morgan fingerprint density at radius 2 is 1.85 bits per heavy atom. The third-order valence-corrected chi connectivity index (χ3v) is 6.86. The molecule has 0 bridgehead atoms. The van der Waals surface area contributed by atoms with Crippen LogP contribution in [0.15, 0.2) is 36.4 Å². The number of benzene rings is 2. The molecule has 2 aromatic carbocycles. The number of hydrogen-bond acceptors (Lipinski definition) is 5. The van der Waals surface area contributed by atoms with E-state index in [0.717, 1.165) is 44.5 Å². The van der Waals surface area contributed by atoms with E-state index in [2.05, 4.69) is 36.2 Å². The van der Waals surface area contributed by atoms with Crippen molar-refractivity contribution in [3.05, 3.63) is 58.1 Å². The van der Waals surface area contributed by atoms with E-state index in [1.807, 2.05) is 12.1 Å². The van der Waals surface area contributed by atoms with E-state index in [-0.39, 0.29) is 5.91 Å². The normalized spacial score (nSPS) is 16.1. The van der Waals surface area contributed by atoms with Crippen LogP contribution in [0.4, 0.5) is 5.69 Å². The van der Waals surface area contributed by atoms with Gasteiger partial charge >= 0.3 is 0 Å². The number of nitrogens with one attached hydrogen (secondary N) is 1. The predicted octanol–water partition coefficient (Wildman–Crippen LogP) is 4.62. The number of anilines is 1. The monoisotopic (exact) mass is 473 g/mol. The molecule has 0 saturated carbocycles. The summed E-state index contributed by atoms with van der Waals surface area (Å²) in [5.41, 5.74) is 8.85. The maximum Gasteiger partial charge on any atom is 0.255 e. The zero-order chi connectivity index (χ0) is 24.0. The van der Waals surface area contributed by atoms with Crippen LogP contribution in [0, 0.1) is 5.92 Å². The summed E-state index contributed by atoms with van der Waals surface area (Å²) in [6.45, 7) is 7.76. The Balaban J connectivity index is 1.41. The molecular weight excluding hydrogens is 438 g/mol. The molecule has 1 aliphatic rings. The fourth-order valence-corrected chi connectivity index (χ4v) is 4.40. The van der Waals surface area contributed by atoms with Crippen LogP contribution in [-0.2, 0) is 0 Å².